The number of halogens is 1. The predicted molar refractivity (Wildman–Crippen MR) is 146 cm³/mol. The molecule has 2 aromatic carbocycles. The molecule has 6 rings (SSSR count). The van der Waals surface area contributed by atoms with Gasteiger partial charge in [0.2, 0.25) is 17.7 Å². The van der Waals surface area contributed by atoms with Crippen molar-refractivity contribution in [2.24, 2.45) is 0 Å². The fraction of sp³-hybridized carbons (Fsp3) is 0.379. The average Bonchev–Trinajstić information content (AvgIpc) is 3.55. The Hall–Kier alpha value is -3.30. The molecule has 1 fully saturated rings. The quantitative estimate of drug-likeness (QED) is 0.399. The van der Waals surface area contributed by atoms with Gasteiger partial charge < -0.3 is 29.6 Å². The summed E-state index contributed by atoms with van der Waals surface area (Å²) in [5.74, 6) is 2.74. The highest BCUT2D eigenvalue weighted by Gasteiger charge is 2.28. The zero-order valence-electron chi connectivity index (χ0n) is 21.2. The second-order valence-electron chi connectivity index (χ2n) is 9.75. The van der Waals surface area contributed by atoms with Gasteiger partial charge in [0.1, 0.15) is 19.3 Å². The third-order valence-electron chi connectivity index (χ3n) is 7.29. The van der Waals surface area contributed by atoms with Crippen LogP contribution in [-0.2, 0) is 17.8 Å². The highest BCUT2D eigenvalue weighted by Crippen LogP contribution is 2.43. The van der Waals surface area contributed by atoms with Gasteiger partial charge in [-0.05, 0) is 75.6 Å². The summed E-state index contributed by atoms with van der Waals surface area (Å²) in [5.41, 5.74) is 5.69. The Balaban J connectivity index is 1.18. The number of fused-ring (bicyclic) bond motifs is 2. The highest BCUT2D eigenvalue weighted by atomic mass is 79.9. The van der Waals surface area contributed by atoms with Crippen LogP contribution < -0.4 is 29.6 Å². The van der Waals surface area contributed by atoms with Gasteiger partial charge in [-0.2, -0.15) is 4.98 Å². The van der Waals surface area contributed by atoms with Gasteiger partial charge in [0.15, 0.2) is 11.5 Å². The van der Waals surface area contributed by atoms with Crippen molar-refractivity contribution in [3.8, 4) is 34.4 Å². The second-order valence-corrected chi connectivity index (χ2v) is 10.6. The van der Waals surface area contributed by atoms with E-state index in [0.29, 0.717) is 44.5 Å². The molecule has 1 aliphatic carbocycles. The smallest absolute Gasteiger partial charge is 0.231 e. The number of nitrogens with one attached hydrogen (secondary N) is 2. The Morgan fingerprint density at radius 2 is 1.95 bits per heavy atom. The summed E-state index contributed by atoms with van der Waals surface area (Å²) in [6, 6.07) is 14.7. The molecule has 2 aliphatic heterocycles. The first-order chi connectivity index (χ1) is 18.6. The third kappa shape index (κ3) is 5.05. The Kier molecular flexibility index (Phi) is 7.12. The number of hydrogen-bond acceptors (Lipinski definition) is 7. The van der Waals surface area contributed by atoms with Crippen LogP contribution in [0, 0.1) is 0 Å². The van der Waals surface area contributed by atoms with Crippen molar-refractivity contribution < 1.29 is 23.7 Å². The van der Waals surface area contributed by atoms with E-state index in [1.165, 1.54) is 16.7 Å². The van der Waals surface area contributed by atoms with Gasteiger partial charge in [-0.25, -0.2) is 0 Å². The molecule has 2 N–H and O–H groups in total. The molecule has 3 heterocycles. The lowest BCUT2D eigenvalue weighted by atomic mass is 9.96. The lowest BCUT2D eigenvalue weighted by Gasteiger charge is -2.20. The van der Waals surface area contributed by atoms with Gasteiger partial charge in [-0.3, -0.25) is 4.79 Å². The van der Waals surface area contributed by atoms with Gasteiger partial charge in [-0.15, -0.1) is 0 Å². The van der Waals surface area contributed by atoms with Crippen LogP contribution in [0.2, 0.25) is 0 Å². The first-order valence-corrected chi connectivity index (χ1v) is 13.8. The summed E-state index contributed by atoms with van der Waals surface area (Å²) in [7, 11) is 1.62. The number of rotatable bonds is 8. The van der Waals surface area contributed by atoms with Gasteiger partial charge in [-0.1, -0.05) is 24.3 Å². The minimum atomic E-state index is -0.106. The molecule has 1 aromatic heterocycles. The van der Waals surface area contributed by atoms with Crippen LogP contribution in [0.3, 0.4) is 0 Å². The number of hydrogen-bond donors (Lipinski definition) is 2. The van der Waals surface area contributed by atoms with E-state index in [2.05, 4.69) is 61.9 Å². The van der Waals surface area contributed by atoms with Crippen LogP contribution in [0.1, 0.15) is 42.1 Å². The molecule has 2 atom stereocenters. The molecule has 0 unspecified atom stereocenters. The highest BCUT2D eigenvalue weighted by molar-refractivity contribution is 9.10. The molecule has 1 saturated heterocycles. The SMILES string of the molecule is COc1nc(O[C@H]2CCc3c(-c4ccc5c(c4)OCCO5)cccc32)c(Br)cc1CNC[C@@H]1CCC(=O)N1. The fourth-order valence-electron chi connectivity index (χ4n) is 5.45. The monoisotopic (exact) mass is 579 g/mol. The van der Waals surface area contributed by atoms with E-state index in [4.69, 9.17) is 18.9 Å². The summed E-state index contributed by atoms with van der Waals surface area (Å²) >= 11 is 3.66. The lowest BCUT2D eigenvalue weighted by Crippen LogP contribution is -2.35. The summed E-state index contributed by atoms with van der Waals surface area (Å²) in [6.07, 6.45) is 3.13. The molecule has 3 aromatic rings. The number of amides is 1. The van der Waals surface area contributed by atoms with E-state index in [1.807, 2.05) is 12.1 Å². The topological polar surface area (TPSA) is 90.9 Å². The van der Waals surface area contributed by atoms with Crippen molar-refractivity contribution in [2.75, 3.05) is 26.9 Å². The number of methoxy groups -OCH3 is 1. The van der Waals surface area contributed by atoms with Gasteiger partial charge >= 0.3 is 0 Å². The third-order valence-corrected chi connectivity index (χ3v) is 7.86. The average molecular weight is 580 g/mol. The molecule has 0 saturated carbocycles. The summed E-state index contributed by atoms with van der Waals surface area (Å²) < 4.78 is 24.3. The van der Waals surface area contributed by atoms with Crippen molar-refractivity contribution in [1.82, 2.24) is 15.6 Å². The predicted octanol–water partition coefficient (Wildman–Crippen LogP) is 4.73. The van der Waals surface area contributed by atoms with Crippen molar-refractivity contribution >= 4 is 21.8 Å². The van der Waals surface area contributed by atoms with E-state index in [-0.39, 0.29) is 18.1 Å². The number of nitrogens with zero attached hydrogens (tertiary/aromatic N) is 1. The molecular formula is C29H30BrN3O5. The molecule has 1 amide bonds. The van der Waals surface area contributed by atoms with Crippen LogP contribution >= 0.6 is 15.9 Å². The number of carbonyl (C=O) groups is 1. The van der Waals surface area contributed by atoms with Gasteiger partial charge in [0, 0.05) is 31.1 Å². The van der Waals surface area contributed by atoms with E-state index in [9.17, 15) is 4.79 Å². The Labute approximate surface area is 230 Å². The second kappa shape index (κ2) is 10.8. The van der Waals surface area contributed by atoms with E-state index in [0.717, 1.165) is 46.4 Å². The standard InChI is InChI=1S/C29H30BrN3O5/c1-35-28-18(15-31-16-19-6-10-27(34)32-19)13-23(30)29(33-28)38-24-9-7-21-20(3-2-4-22(21)24)17-5-8-25-26(14-17)37-12-11-36-25/h2-5,8,13-14,19,24,31H,6-7,9-12,15-16H2,1H3,(H,32,34)/t19-,24-/m0/s1. The van der Waals surface area contributed by atoms with Crippen molar-refractivity contribution in [3.63, 3.8) is 0 Å². The Morgan fingerprint density at radius 3 is 2.76 bits per heavy atom. The zero-order valence-corrected chi connectivity index (χ0v) is 22.8. The Morgan fingerprint density at radius 1 is 1.08 bits per heavy atom. The molecule has 198 valence electrons. The number of benzene rings is 2. The van der Waals surface area contributed by atoms with Crippen LogP contribution in [0.5, 0.6) is 23.3 Å². The van der Waals surface area contributed by atoms with Crippen LogP contribution in [0.15, 0.2) is 46.9 Å². The van der Waals surface area contributed by atoms with E-state index >= 15 is 0 Å². The van der Waals surface area contributed by atoms with Crippen molar-refractivity contribution in [2.45, 2.75) is 44.4 Å². The van der Waals surface area contributed by atoms with Gasteiger partial charge in [0.25, 0.3) is 0 Å². The van der Waals surface area contributed by atoms with Gasteiger partial charge in [0.05, 0.1) is 11.6 Å². The Bertz CT molecular complexity index is 1360. The fourth-order valence-corrected chi connectivity index (χ4v) is 5.90. The molecule has 3 aliphatic rings. The number of aromatic nitrogens is 1. The van der Waals surface area contributed by atoms with Crippen LogP contribution in [0.4, 0.5) is 0 Å². The first-order valence-electron chi connectivity index (χ1n) is 13.0. The number of pyridine rings is 1. The van der Waals surface area contributed by atoms with E-state index in [1.54, 1.807) is 7.11 Å². The minimum absolute atomic E-state index is 0.106. The van der Waals surface area contributed by atoms with Crippen molar-refractivity contribution in [1.29, 1.82) is 0 Å². The molecule has 0 radical (unpaired) electrons. The van der Waals surface area contributed by atoms with Crippen LogP contribution in [-0.4, -0.2) is 43.8 Å². The molecule has 9 heteroatoms. The molecular weight excluding hydrogens is 550 g/mol. The lowest BCUT2D eigenvalue weighted by molar-refractivity contribution is -0.119. The van der Waals surface area contributed by atoms with E-state index < -0.39 is 0 Å². The minimum Gasteiger partial charge on any atom is -0.486 e. The maximum atomic E-state index is 11.4. The summed E-state index contributed by atoms with van der Waals surface area (Å²) in [4.78, 5) is 16.1. The van der Waals surface area contributed by atoms with Crippen molar-refractivity contribution in [3.05, 3.63) is 63.6 Å². The molecule has 0 spiro atoms. The molecule has 38 heavy (non-hydrogen) atoms. The van der Waals surface area contributed by atoms with Crippen LogP contribution in [0.25, 0.3) is 11.1 Å². The summed E-state index contributed by atoms with van der Waals surface area (Å²) in [6.45, 7) is 2.43. The number of carbonyl (C=O) groups excluding carboxylic acids is 1. The normalized spacial score (nSPS) is 19.7. The zero-order chi connectivity index (χ0) is 26.1. The molecule has 0 bridgehead atoms. The first kappa shape index (κ1) is 25.0. The molecule has 8 nitrogen and oxygen atoms in total. The number of ether oxygens (including phenoxy) is 4. The summed E-state index contributed by atoms with van der Waals surface area (Å²) in [5, 5.41) is 6.38. The maximum Gasteiger partial charge on any atom is 0.231 e. The maximum absolute atomic E-state index is 11.4. The largest absolute Gasteiger partial charge is 0.486 e.